The second-order valence-electron chi connectivity index (χ2n) is 9.00. The quantitative estimate of drug-likeness (QED) is 0.486. The first-order valence-electron chi connectivity index (χ1n) is 10.6. The van der Waals surface area contributed by atoms with Gasteiger partial charge in [0.2, 0.25) is 0 Å². The van der Waals surface area contributed by atoms with Gasteiger partial charge >= 0.3 is 0 Å². The van der Waals surface area contributed by atoms with Gasteiger partial charge in [0.25, 0.3) is 5.91 Å². The average molecular weight is 408 g/mol. The van der Waals surface area contributed by atoms with Gasteiger partial charge in [-0.05, 0) is 56.3 Å². The van der Waals surface area contributed by atoms with Crippen molar-refractivity contribution in [2.75, 3.05) is 6.54 Å². The summed E-state index contributed by atoms with van der Waals surface area (Å²) in [6.45, 7) is 0.856. The largest absolute Gasteiger partial charge is 0.508 e. The van der Waals surface area contributed by atoms with Gasteiger partial charge in [0.15, 0.2) is 11.5 Å². The Labute approximate surface area is 173 Å². The Bertz CT molecular complexity index is 1070. The number of rotatable bonds is 2. The third kappa shape index (κ3) is 2.21. The zero-order valence-electron chi connectivity index (χ0n) is 16.4. The van der Waals surface area contributed by atoms with E-state index in [2.05, 4.69) is 10.6 Å². The van der Waals surface area contributed by atoms with Gasteiger partial charge in [0, 0.05) is 34.2 Å². The minimum atomic E-state index is -0.279. The Hall–Kier alpha value is -2.93. The van der Waals surface area contributed by atoms with E-state index in [1.807, 2.05) is 0 Å². The number of benzene rings is 2. The van der Waals surface area contributed by atoms with Crippen molar-refractivity contribution in [3.05, 3.63) is 47.0 Å². The highest BCUT2D eigenvalue weighted by atomic mass is 16.5. The van der Waals surface area contributed by atoms with Crippen LogP contribution < -0.4 is 15.4 Å². The Kier molecular flexibility index (Phi) is 3.60. The molecule has 2 bridgehead atoms. The Balaban J connectivity index is 1.41. The first kappa shape index (κ1) is 17.9. The molecule has 156 valence electrons. The molecule has 0 radical (unpaired) electrons. The molecule has 6 rings (SSSR count). The number of ether oxygens (including phenoxy) is 1. The molecule has 4 aliphatic rings. The van der Waals surface area contributed by atoms with Gasteiger partial charge in [-0.1, -0.05) is 6.07 Å². The number of hydrogen-bond donors (Lipinski definition) is 5. The first-order valence-corrected chi connectivity index (χ1v) is 10.6. The third-order valence-electron chi connectivity index (χ3n) is 7.67. The van der Waals surface area contributed by atoms with Crippen molar-refractivity contribution in [1.29, 1.82) is 0 Å². The molecule has 7 nitrogen and oxygen atoms in total. The molecule has 2 fully saturated rings. The molecule has 0 aromatic heterocycles. The van der Waals surface area contributed by atoms with Crippen LogP contribution in [-0.4, -0.2) is 46.0 Å². The molecule has 2 aromatic carbocycles. The first-order chi connectivity index (χ1) is 14.5. The van der Waals surface area contributed by atoms with Gasteiger partial charge in [-0.2, -0.15) is 0 Å². The van der Waals surface area contributed by atoms with E-state index < -0.39 is 0 Å². The van der Waals surface area contributed by atoms with E-state index in [0.717, 1.165) is 36.9 Å². The van der Waals surface area contributed by atoms with E-state index in [1.54, 1.807) is 12.1 Å². The van der Waals surface area contributed by atoms with E-state index in [4.69, 9.17) is 4.74 Å². The zero-order valence-corrected chi connectivity index (χ0v) is 16.4. The zero-order chi connectivity index (χ0) is 20.6. The van der Waals surface area contributed by atoms with Crippen LogP contribution in [0.4, 0.5) is 0 Å². The molecule has 30 heavy (non-hydrogen) atoms. The topological polar surface area (TPSA) is 111 Å². The van der Waals surface area contributed by atoms with Crippen LogP contribution in [-0.2, 0) is 11.8 Å². The van der Waals surface area contributed by atoms with Crippen LogP contribution in [0.15, 0.2) is 30.3 Å². The molecule has 2 aliphatic carbocycles. The van der Waals surface area contributed by atoms with Crippen LogP contribution in [0.25, 0.3) is 0 Å². The molecule has 2 aliphatic heterocycles. The molecule has 0 unspecified atom stereocenters. The average Bonchev–Trinajstić information content (AvgIpc) is 3.04. The summed E-state index contributed by atoms with van der Waals surface area (Å²) in [5, 5.41) is 37.3. The fourth-order valence-corrected chi connectivity index (χ4v) is 6.58. The van der Waals surface area contributed by atoms with Crippen molar-refractivity contribution >= 4 is 5.91 Å². The summed E-state index contributed by atoms with van der Waals surface area (Å²) in [6.07, 6.45) is 3.02. The molecule has 2 heterocycles. The summed E-state index contributed by atoms with van der Waals surface area (Å²) in [5.41, 5.74) is 1.94. The van der Waals surface area contributed by atoms with Crippen molar-refractivity contribution in [1.82, 2.24) is 10.6 Å². The fraction of sp³-hybridized carbons (Fsp3) is 0.435. The summed E-state index contributed by atoms with van der Waals surface area (Å²) in [5.74, 6) is 0.610. The number of hydrogen-bond acceptors (Lipinski definition) is 6. The van der Waals surface area contributed by atoms with Crippen molar-refractivity contribution < 1.29 is 24.9 Å². The Morgan fingerprint density at radius 1 is 1.20 bits per heavy atom. The molecular weight excluding hydrogens is 384 g/mol. The summed E-state index contributed by atoms with van der Waals surface area (Å²) in [6, 6.07) is 7.87. The van der Waals surface area contributed by atoms with Crippen LogP contribution >= 0.6 is 0 Å². The maximum Gasteiger partial charge on any atom is 0.251 e. The molecule has 1 saturated heterocycles. The summed E-state index contributed by atoms with van der Waals surface area (Å²) in [7, 11) is 0. The lowest BCUT2D eigenvalue weighted by Crippen LogP contribution is -2.68. The normalized spacial score (nSPS) is 32.8. The van der Waals surface area contributed by atoms with Gasteiger partial charge in [-0.3, -0.25) is 4.79 Å². The van der Waals surface area contributed by atoms with Gasteiger partial charge < -0.3 is 30.7 Å². The molecule has 1 spiro atoms. The molecule has 2 aromatic rings. The fourth-order valence-electron chi connectivity index (χ4n) is 6.58. The highest BCUT2D eigenvalue weighted by Crippen LogP contribution is 2.63. The lowest BCUT2D eigenvalue weighted by atomic mass is 9.51. The van der Waals surface area contributed by atoms with Crippen LogP contribution in [0, 0.1) is 5.92 Å². The van der Waals surface area contributed by atoms with Crippen LogP contribution in [0.5, 0.6) is 23.0 Å². The minimum Gasteiger partial charge on any atom is -0.508 e. The minimum absolute atomic E-state index is 0.0459. The highest BCUT2D eigenvalue weighted by Gasteiger charge is 2.64. The smallest absolute Gasteiger partial charge is 0.251 e. The van der Waals surface area contributed by atoms with Crippen LogP contribution in [0.3, 0.4) is 0 Å². The maximum absolute atomic E-state index is 12.9. The monoisotopic (exact) mass is 408 g/mol. The standard InChI is InChI=1S/C23H24N2O5/c26-12-3-1-2-11(8-12)22(29)25-15-5-4-14-16-9-13-19-18(10-17(27)20(13)28)30-21(15)23(14,19)6-7-24-16/h1-3,8,10,14-16,21,24,26-28H,4-7,9H2,(H,25,29)/t14-,15+,16+,21-,23-/m0/s1. The molecule has 7 heteroatoms. The van der Waals surface area contributed by atoms with Gasteiger partial charge in [-0.15, -0.1) is 0 Å². The van der Waals surface area contributed by atoms with Crippen LogP contribution in [0.1, 0.15) is 40.7 Å². The number of amides is 1. The van der Waals surface area contributed by atoms with Gasteiger partial charge in [0.05, 0.1) is 6.04 Å². The molecule has 5 atom stereocenters. The summed E-state index contributed by atoms with van der Waals surface area (Å²) < 4.78 is 6.42. The molecular formula is C23H24N2O5. The van der Waals surface area contributed by atoms with Crippen molar-refractivity contribution in [2.24, 2.45) is 5.92 Å². The van der Waals surface area contributed by atoms with Gasteiger partial charge in [0.1, 0.15) is 17.6 Å². The van der Waals surface area contributed by atoms with Crippen molar-refractivity contribution in [3.8, 4) is 23.0 Å². The number of phenols is 3. The van der Waals surface area contributed by atoms with E-state index in [1.165, 1.54) is 18.2 Å². The van der Waals surface area contributed by atoms with E-state index in [-0.39, 0.29) is 46.8 Å². The highest BCUT2D eigenvalue weighted by molar-refractivity contribution is 5.94. The number of aromatic hydroxyl groups is 3. The lowest BCUT2D eigenvalue weighted by molar-refractivity contribution is -0.0170. The van der Waals surface area contributed by atoms with Crippen molar-refractivity contribution in [2.45, 2.75) is 49.3 Å². The number of nitrogens with one attached hydrogen (secondary N) is 2. The Morgan fingerprint density at radius 2 is 2.07 bits per heavy atom. The predicted octanol–water partition coefficient (Wildman–Crippen LogP) is 1.93. The third-order valence-corrected chi connectivity index (χ3v) is 7.67. The molecule has 1 saturated carbocycles. The number of phenolic OH excluding ortho intramolecular Hbond substituents is 3. The summed E-state index contributed by atoms with van der Waals surface area (Å²) in [4.78, 5) is 12.9. The van der Waals surface area contributed by atoms with E-state index >= 15 is 0 Å². The molecule has 1 amide bonds. The number of carbonyl (C=O) groups is 1. The summed E-state index contributed by atoms with van der Waals surface area (Å²) >= 11 is 0. The van der Waals surface area contributed by atoms with E-state index in [9.17, 15) is 20.1 Å². The number of carbonyl (C=O) groups excluding carboxylic acids is 1. The predicted molar refractivity (Wildman–Crippen MR) is 108 cm³/mol. The maximum atomic E-state index is 12.9. The van der Waals surface area contributed by atoms with Gasteiger partial charge in [-0.25, -0.2) is 0 Å². The van der Waals surface area contributed by atoms with Crippen LogP contribution in [0.2, 0.25) is 0 Å². The SMILES string of the molecule is O=C(N[C@@H]1CC[C@H]2[C@H]3Cc4c(O)c(O)cc5c4[C@@]2(CCN3)[C@H]1O5)c1cccc(O)c1. The van der Waals surface area contributed by atoms with Crippen molar-refractivity contribution in [3.63, 3.8) is 0 Å². The Morgan fingerprint density at radius 3 is 2.90 bits per heavy atom. The number of piperidine rings is 1. The molecule has 5 N–H and O–H groups in total. The second-order valence-corrected chi connectivity index (χ2v) is 9.00. The van der Waals surface area contributed by atoms with E-state index in [0.29, 0.717) is 23.7 Å². The second kappa shape index (κ2) is 6.04. The lowest BCUT2D eigenvalue weighted by Gasteiger charge is -2.56.